The van der Waals surface area contributed by atoms with E-state index in [1.807, 2.05) is 40.7 Å². The zero-order valence-electron chi connectivity index (χ0n) is 10.8. The summed E-state index contributed by atoms with van der Waals surface area (Å²) in [5, 5.41) is 4.60. The lowest BCUT2D eigenvalue weighted by Gasteiger charge is -2.11. The highest BCUT2D eigenvalue weighted by Gasteiger charge is 1.97. The quantitative estimate of drug-likeness (QED) is 0.349. The Bertz CT molecular complexity index is 285. The Hall–Kier alpha value is -1.62. The normalized spacial score (nSPS) is 8.62. The lowest BCUT2D eigenvalue weighted by molar-refractivity contribution is 1.10. The molecule has 0 aliphatic carbocycles. The number of rotatable bonds is 2. The third-order valence-electron chi connectivity index (χ3n) is 1.35. The van der Waals surface area contributed by atoms with Crippen LogP contribution in [0.25, 0.3) is 0 Å². The molecule has 0 atom stereocenters. The number of hydrogen-bond donors (Lipinski definition) is 2. The van der Waals surface area contributed by atoms with Gasteiger partial charge in [-0.3, -0.25) is 9.99 Å². The molecule has 4 N–H and O–H groups in total. The third-order valence-corrected chi connectivity index (χ3v) is 1.35. The van der Waals surface area contributed by atoms with Crippen molar-refractivity contribution in [3.8, 4) is 0 Å². The summed E-state index contributed by atoms with van der Waals surface area (Å²) in [6.07, 6.45) is 4.70. The van der Waals surface area contributed by atoms with Gasteiger partial charge < -0.3 is 5.84 Å². The van der Waals surface area contributed by atoms with Gasteiger partial charge in [-0.25, -0.2) is 5.84 Å². The first-order valence-corrected chi connectivity index (χ1v) is 5.43. The predicted octanol–water partition coefficient (Wildman–Crippen LogP) is 2.02. The highest BCUT2D eigenvalue weighted by Crippen LogP contribution is 2.08. The van der Waals surface area contributed by atoms with E-state index in [0.29, 0.717) is 0 Å². The van der Waals surface area contributed by atoms with Crippen molar-refractivity contribution in [2.45, 2.75) is 34.6 Å². The average molecular weight is 225 g/mol. The van der Waals surface area contributed by atoms with E-state index in [1.54, 1.807) is 12.4 Å². The van der Waals surface area contributed by atoms with Crippen LogP contribution >= 0.6 is 0 Å². The van der Waals surface area contributed by atoms with Crippen molar-refractivity contribution in [2.24, 2.45) is 16.8 Å². The zero-order chi connectivity index (χ0) is 13.0. The van der Waals surface area contributed by atoms with Gasteiger partial charge in [0.05, 0.1) is 11.9 Å². The molecule has 0 unspecified atom stereocenters. The van der Waals surface area contributed by atoms with Gasteiger partial charge in [-0.1, -0.05) is 27.7 Å². The van der Waals surface area contributed by atoms with Crippen LogP contribution < -0.4 is 16.7 Å². The number of nitrogens with two attached hydrogens (primary N) is 2. The fourth-order valence-corrected chi connectivity index (χ4v) is 0.819. The SMILES string of the molecule is CC.CC.Cc1cncc(N(N)/C=N\N)c1. The first kappa shape index (κ1) is 16.8. The molecule has 0 aromatic carbocycles. The largest absolute Gasteiger partial charge is 0.322 e. The molecular formula is C11H23N5. The number of hydrogen-bond acceptors (Lipinski definition) is 4. The monoisotopic (exact) mass is 225 g/mol. The van der Waals surface area contributed by atoms with Crippen LogP contribution in [0, 0.1) is 6.92 Å². The Labute approximate surface area is 98.1 Å². The summed E-state index contributed by atoms with van der Waals surface area (Å²) in [4.78, 5) is 3.96. The van der Waals surface area contributed by atoms with Gasteiger partial charge in [-0.2, -0.15) is 5.10 Å². The topological polar surface area (TPSA) is 80.5 Å². The molecular weight excluding hydrogens is 202 g/mol. The van der Waals surface area contributed by atoms with Crippen molar-refractivity contribution in [3.05, 3.63) is 24.0 Å². The number of hydrazone groups is 1. The number of pyridine rings is 1. The summed E-state index contributed by atoms with van der Waals surface area (Å²) in [6, 6.07) is 1.88. The predicted molar refractivity (Wildman–Crippen MR) is 71.0 cm³/mol. The molecule has 5 nitrogen and oxygen atoms in total. The first-order chi connectivity index (χ1) is 7.74. The van der Waals surface area contributed by atoms with Gasteiger partial charge in [0.1, 0.15) is 6.34 Å². The maximum absolute atomic E-state index is 5.54. The Balaban J connectivity index is 0. The van der Waals surface area contributed by atoms with Crippen LogP contribution in [-0.2, 0) is 0 Å². The van der Waals surface area contributed by atoms with Gasteiger partial charge in [-0.05, 0) is 18.6 Å². The highest BCUT2D eigenvalue weighted by atomic mass is 15.4. The van der Waals surface area contributed by atoms with E-state index in [0.717, 1.165) is 11.3 Å². The Morgan fingerprint density at radius 3 is 2.25 bits per heavy atom. The number of aryl methyl sites for hydroxylation is 1. The molecule has 92 valence electrons. The van der Waals surface area contributed by atoms with Crippen LogP contribution in [0.5, 0.6) is 0 Å². The maximum atomic E-state index is 5.54. The Morgan fingerprint density at radius 2 is 1.81 bits per heavy atom. The fourth-order valence-electron chi connectivity index (χ4n) is 0.819. The molecule has 16 heavy (non-hydrogen) atoms. The minimum absolute atomic E-state index is 0.754. The Morgan fingerprint density at radius 1 is 1.25 bits per heavy atom. The number of hydrazine groups is 1. The van der Waals surface area contributed by atoms with Crippen molar-refractivity contribution in [2.75, 3.05) is 5.01 Å². The standard InChI is InChI=1S/C7H11N5.2C2H6/c1-6-2-7(4-10-3-6)12(9)5-11-8;2*1-2/h2-5H,8-9H2,1H3;2*1-2H3/b11-5-;;. The van der Waals surface area contributed by atoms with Gasteiger partial charge in [-0.15, -0.1) is 0 Å². The third kappa shape index (κ3) is 6.78. The molecule has 0 saturated carbocycles. The van der Waals surface area contributed by atoms with Gasteiger partial charge in [0.2, 0.25) is 0 Å². The first-order valence-electron chi connectivity index (χ1n) is 5.43. The summed E-state index contributed by atoms with van der Waals surface area (Å²) in [5.74, 6) is 10.5. The van der Waals surface area contributed by atoms with Gasteiger partial charge in [0.15, 0.2) is 0 Å². The summed E-state index contributed by atoms with van der Waals surface area (Å²) < 4.78 is 0. The molecule has 0 saturated heterocycles. The molecule has 0 bridgehead atoms. The minimum Gasteiger partial charge on any atom is -0.322 e. The van der Waals surface area contributed by atoms with Gasteiger partial charge >= 0.3 is 0 Å². The molecule has 1 rings (SSSR count). The van der Waals surface area contributed by atoms with E-state index >= 15 is 0 Å². The van der Waals surface area contributed by atoms with Gasteiger partial charge in [0, 0.05) is 6.20 Å². The van der Waals surface area contributed by atoms with Crippen LogP contribution in [0.2, 0.25) is 0 Å². The van der Waals surface area contributed by atoms with Crippen molar-refractivity contribution in [3.63, 3.8) is 0 Å². The molecule has 0 aliphatic heterocycles. The summed E-state index contributed by atoms with van der Waals surface area (Å²) in [7, 11) is 0. The van der Waals surface area contributed by atoms with E-state index < -0.39 is 0 Å². The number of anilines is 1. The van der Waals surface area contributed by atoms with E-state index in [9.17, 15) is 0 Å². The smallest absolute Gasteiger partial charge is 0.129 e. The average Bonchev–Trinajstić information content (AvgIpc) is 2.34. The molecule has 0 fully saturated rings. The second kappa shape index (κ2) is 11.5. The van der Waals surface area contributed by atoms with Gasteiger partial charge in [0.25, 0.3) is 0 Å². The van der Waals surface area contributed by atoms with Crippen LogP contribution in [-0.4, -0.2) is 11.3 Å². The van der Waals surface area contributed by atoms with E-state index in [2.05, 4.69) is 10.1 Å². The summed E-state index contributed by atoms with van der Waals surface area (Å²) in [5.41, 5.74) is 1.79. The summed E-state index contributed by atoms with van der Waals surface area (Å²) >= 11 is 0. The molecule has 0 radical (unpaired) electrons. The maximum Gasteiger partial charge on any atom is 0.129 e. The number of nitrogens with zero attached hydrogens (tertiary/aromatic N) is 3. The van der Waals surface area contributed by atoms with Crippen LogP contribution in [0.4, 0.5) is 5.69 Å². The molecule has 1 aromatic heterocycles. The molecule has 1 aromatic rings. The molecule has 0 aliphatic rings. The van der Waals surface area contributed by atoms with Crippen molar-refractivity contribution in [1.29, 1.82) is 0 Å². The summed E-state index contributed by atoms with van der Waals surface area (Å²) in [6.45, 7) is 9.93. The van der Waals surface area contributed by atoms with Crippen molar-refractivity contribution >= 4 is 12.0 Å². The van der Waals surface area contributed by atoms with E-state index in [1.165, 1.54) is 11.3 Å². The fraction of sp³-hybridized carbons (Fsp3) is 0.455. The second-order valence-electron chi connectivity index (χ2n) is 2.39. The van der Waals surface area contributed by atoms with Crippen LogP contribution in [0.3, 0.4) is 0 Å². The molecule has 0 amide bonds. The minimum atomic E-state index is 0.754. The lowest BCUT2D eigenvalue weighted by atomic mass is 10.3. The zero-order valence-corrected chi connectivity index (χ0v) is 10.8. The van der Waals surface area contributed by atoms with Crippen LogP contribution in [0.15, 0.2) is 23.6 Å². The van der Waals surface area contributed by atoms with E-state index in [-0.39, 0.29) is 0 Å². The Kier molecular flexibility index (Phi) is 12.0. The van der Waals surface area contributed by atoms with Crippen molar-refractivity contribution < 1.29 is 0 Å². The molecule has 0 spiro atoms. The van der Waals surface area contributed by atoms with E-state index in [4.69, 9.17) is 11.7 Å². The van der Waals surface area contributed by atoms with Crippen LogP contribution in [0.1, 0.15) is 33.3 Å². The van der Waals surface area contributed by atoms with Crippen molar-refractivity contribution in [1.82, 2.24) is 4.98 Å². The molecule has 1 heterocycles. The molecule has 5 heteroatoms. The lowest BCUT2D eigenvalue weighted by Crippen LogP contribution is -2.29. The second-order valence-corrected chi connectivity index (χ2v) is 2.39. The highest BCUT2D eigenvalue weighted by molar-refractivity contribution is 5.76. The number of aromatic nitrogens is 1.